The molecule has 1 saturated heterocycles. The van der Waals surface area contributed by atoms with Crippen LogP contribution >= 0.6 is 12.2 Å². The van der Waals surface area contributed by atoms with Crippen LogP contribution in [0.4, 0.5) is 5.69 Å². The van der Waals surface area contributed by atoms with E-state index in [2.05, 4.69) is 10.6 Å². The van der Waals surface area contributed by atoms with Crippen LogP contribution in [0.2, 0.25) is 0 Å². The van der Waals surface area contributed by atoms with Crippen LogP contribution in [0.15, 0.2) is 48.5 Å². The van der Waals surface area contributed by atoms with Gasteiger partial charge in [-0.2, -0.15) is 0 Å². The summed E-state index contributed by atoms with van der Waals surface area (Å²) in [7, 11) is 0. The maximum atomic E-state index is 12.5. The normalized spacial score (nSPS) is 13.7. The van der Waals surface area contributed by atoms with E-state index in [-0.39, 0.29) is 5.91 Å². The lowest BCUT2D eigenvalue weighted by molar-refractivity contribution is 0.0724. The van der Waals surface area contributed by atoms with Gasteiger partial charge < -0.3 is 20.3 Å². The lowest BCUT2D eigenvalue weighted by Crippen LogP contribution is -2.35. The second-order valence-corrected chi connectivity index (χ2v) is 7.38. The van der Waals surface area contributed by atoms with Crippen LogP contribution < -0.4 is 15.4 Å². The fraction of sp³-hybridized carbons (Fsp3) is 0.364. The number of likely N-dealkylation sites (tertiary alicyclic amines) is 1. The summed E-state index contributed by atoms with van der Waals surface area (Å²) >= 11 is 5.32. The lowest BCUT2D eigenvalue weighted by atomic mass is 10.1. The van der Waals surface area contributed by atoms with Crippen LogP contribution in [0.3, 0.4) is 0 Å². The smallest absolute Gasteiger partial charge is 0.253 e. The number of carbonyl (C=O) groups excluding carboxylic acids is 1. The van der Waals surface area contributed by atoms with Gasteiger partial charge in [-0.1, -0.05) is 17.7 Å². The van der Waals surface area contributed by atoms with Gasteiger partial charge in [-0.05, 0) is 74.8 Å². The number of amides is 1. The molecule has 1 aliphatic heterocycles. The largest absolute Gasteiger partial charge is 0.492 e. The number of thiocarbonyl (C=S) groups is 1. The molecule has 28 heavy (non-hydrogen) atoms. The fourth-order valence-electron chi connectivity index (χ4n) is 3.12. The molecule has 5 nitrogen and oxygen atoms in total. The summed E-state index contributed by atoms with van der Waals surface area (Å²) in [6.07, 6.45) is 3.41. The summed E-state index contributed by atoms with van der Waals surface area (Å²) in [5, 5.41) is 6.79. The van der Waals surface area contributed by atoms with Crippen molar-refractivity contribution in [1.29, 1.82) is 0 Å². The number of piperidine rings is 1. The minimum absolute atomic E-state index is 0.111. The minimum Gasteiger partial charge on any atom is -0.492 e. The number of nitrogens with zero attached hydrogens (tertiary/aromatic N) is 1. The molecule has 2 aromatic rings. The van der Waals surface area contributed by atoms with Crippen LogP contribution in [0.1, 0.15) is 35.2 Å². The fourth-order valence-corrected chi connectivity index (χ4v) is 3.34. The Morgan fingerprint density at radius 2 is 1.71 bits per heavy atom. The van der Waals surface area contributed by atoms with E-state index < -0.39 is 0 Å². The number of benzene rings is 2. The van der Waals surface area contributed by atoms with Crippen molar-refractivity contribution in [2.24, 2.45) is 0 Å². The van der Waals surface area contributed by atoms with E-state index in [9.17, 15) is 4.79 Å². The zero-order valence-corrected chi connectivity index (χ0v) is 17.1. The number of carbonyl (C=O) groups is 1. The summed E-state index contributed by atoms with van der Waals surface area (Å²) in [4.78, 5) is 14.4. The Morgan fingerprint density at radius 3 is 2.39 bits per heavy atom. The van der Waals surface area contributed by atoms with E-state index in [0.29, 0.717) is 18.3 Å². The molecule has 2 aromatic carbocycles. The van der Waals surface area contributed by atoms with Crippen molar-refractivity contribution in [1.82, 2.24) is 10.2 Å². The Labute approximate surface area is 172 Å². The molecule has 0 spiro atoms. The monoisotopic (exact) mass is 397 g/mol. The van der Waals surface area contributed by atoms with E-state index in [1.54, 1.807) is 0 Å². The van der Waals surface area contributed by atoms with Gasteiger partial charge >= 0.3 is 0 Å². The summed E-state index contributed by atoms with van der Waals surface area (Å²) in [5.74, 6) is 0.959. The van der Waals surface area contributed by atoms with Crippen LogP contribution in [0.5, 0.6) is 5.75 Å². The molecule has 1 heterocycles. The molecule has 0 aliphatic carbocycles. The predicted molar refractivity (Wildman–Crippen MR) is 117 cm³/mol. The number of anilines is 1. The van der Waals surface area contributed by atoms with Crippen LogP contribution in [-0.4, -0.2) is 42.2 Å². The zero-order chi connectivity index (χ0) is 19.8. The number of ether oxygens (including phenoxy) is 1. The van der Waals surface area contributed by atoms with Gasteiger partial charge in [0.15, 0.2) is 5.11 Å². The van der Waals surface area contributed by atoms with E-state index in [4.69, 9.17) is 17.0 Å². The Balaban J connectivity index is 1.40. The maximum absolute atomic E-state index is 12.5. The molecule has 3 rings (SSSR count). The van der Waals surface area contributed by atoms with Gasteiger partial charge in [0.2, 0.25) is 0 Å². The second kappa shape index (κ2) is 10.1. The molecule has 0 unspecified atom stereocenters. The topological polar surface area (TPSA) is 53.6 Å². The van der Waals surface area contributed by atoms with Crippen molar-refractivity contribution in [2.45, 2.75) is 26.2 Å². The lowest BCUT2D eigenvalue weighted by Gasteiger charge is -2.26. The van der Waals surface area contributed by atoms with Gasteiger partial charge in [0, 0.05) is 24.3 Å². The average molecular weight is 398 g/mol. The van der Waals surface area contributed by atoms with Crippen molar-refractivity contribution in [3.63, 3.8) is 0 Å². The molecule has 0 atom stereocenters. The highest BCUT2D eigenvalue weighted by atomic mass is 32.1. The Morgan fingerprint density at radius 1 is 1.04 bits per heavy atom. The molecule has 0 radical (unpaired) electrons. The first-order chi connectivity index (χ1) is 13.6. The molecule has 0 aromatic heterocycles. The van der Waals surface area contributed by atoms with Crippen LogP contribution in [0.25, 0.3) is 0 Å². The third-order valence-corrected chi connectivity index (χ3v) is 4.96. The van der Waals surface area contributed by atoms with Gasteiger partial charge in [-0.15, -0.1) is 0 Å². The SMILES string of the molecule is Cc1ccc(OCCNC(=S)Nc2ccc(C(=O)N3CCCCC3)cc2)cc1. The third-order valence-electron chi connectivity index (χ3n) is 4.71. The molecule has 1 amide bonds. The van der Waals surface area contributed by atoms with Gasteiger partial charge in [0.05, 0.1) is 6.54 Å². The first-order valence-electron chi connectivity index (χ1n) is 9.75. The predicted octanol–water partition coefficient (Wildman–Crippen LogP) is 3.99. The first-order valence-corrected chi connectivity index (χ1v) is 10.2. The van der Waals surface area contributed by atoms with Crippen molar-refractivity contribution in [2.75, 3.05) is 31.6 Å². The van der Waals surface area contributed by atoms with Crippen molar-refractivity contribution in [3.05, 3.63) is 59.7 Å². The van der Waals surface area contributed by atoms with E-state index in [1.807, 2.05) is 60.4 Å². The standard InChI is InChI=1S/C22H27N3O2S/c1-17-5-11-20(12-6-17)27-16-13-23-22(28)24-19-9-7-18(8-10-19)21(26)25-14-3-2-4-15-25/h5-12H,2-4,13-16H2,1H3,(H2,23,24,28). The Bertz CT molecular complexity index is 784. The van der Waals surface area contributed by atoms with Gasteiger partial charge in [0.1, 0.15) is 12.4 Å². The van der Waals surface area contributed by atoms with E-state index in [1.165, 1.54) is 12.0 Å². The molecule has 0 saturated carbocycles. The molecule has 1 fully saturated rings. The molecular formula is C22H27N3O2S. The first kappa shape index (κ1) is 20.1. The molecule has 1 aliphatic rings. The zero-order valence-electron chi connectivity index (χ0n) is 16.2. The number of rotatable bonds is 6. The molecule has 148 valence electrons. The summed E-state index contributed by atoms with van der Waals surface area (Å²) in [5.41, 5.74) is 2.78. The van der Waals surface area contributed by atoms with Crippen LogP contribution in [0, 0.1) is 6.92 Å². The highest BCUT2D eigenvalue weighted by Crippen LogP contribution is 2.15. The quantitative estimate of drug-likeness (QED) is 0.570. The van der Waals surface area contributed by atoms with Gasteiger partial charge in [0.25, 0.3) is 5.91 Å². The average Bonchev–Trinajstić information content (AvgIpc) is 2.73. The van der Waals surface area contributed by atoms with Gasteiger partial charge in [-0.3, -0.25) is 4.79 Å². The van der Waals surface area contributed by atoms with Crippen LogP contribution in [-0.2, 0) is 0 Å². The van der Waals surface area contributed by atoms with Crippen molar-refractivity contribution >= 4 is 28.9 Å². The molecular weight excluding hydrogens is 370 g/mol. The highest BCUT2D eigenvalue weighted by molar-refractivity contribution is 7.80. The highest BCUT2D eigenvalue weighted by Gasteiger charge is 2.17. The Kier molecular flexibility index (Phi) is 7.25. The van der Waals surface area contributed by atoms with Crippen molar-refractivity contribution in [3.8, 4) is 5.75 Å². The van der Waals surface area contributed by atoms with Crippen molar-refractivity contribution < 1.29 is 9.53 Å². The number of aryl methyl sites for hydroxylation is 1. The number of nitrogens with one attached hydrogen (secondary N) is 2. The molecule has 2 N–H and O–H groups in total. The maximum Gasteiger partial charge on any atom is 0.253 e. The number of hydrogen-bond acceptors (Lipinski definition) is 3. The summed E-state index contributed by atoms with van der Waals surface area (Å²) in [6.45, 7) is 4.89. The summed E-state index contributed by atoms with van der Waals surface area (Å²) < 4.78 is 5.67. The van der Waals surface area contributed by atoms with Gasteiger partial charge in [-0.25, -0.2) is 0 Å². The Hall–Kier alpha value is -2.60. The minimum atomic E-state index is 0.111. The molecule has 0 bridgehead atoms. The number of hydrogen-bond donors (Lipinski definition) is 2. The van der Waals surface area contributed by atoms with E-state index in [0.717, 1.165) is 42.9 Å². The van der Waals surface area contributed by atoms with E-state index >= 15 is 0 Å². The third kappa shape index (κ3) is 5.96. The second-order valence-electron chi connectivity index (χ2n) is 6.97. The molecule has 6 heteroatoms. The summed E-state index contributed by atoms with van der Waals surface area (Å²) in [6, 6.07) is 15.4.